The summed E-state index contributed by atoms with van der Waals surface area (Å²) in [6, 6.07) is 9.61. The largest absolute Gasteiger partial charge is 0.496 e. The van der Waals surface area contributed by atoms with E-state index in [0.717, 1.165) is 17.0 Å². The molecule has 0 fully saturated rings. The third-order valence-electron chi connectivity index (χ3n) is 2.72. The highest BCUT2D eigenvalue weighted by atomic mass is 35.5. The summed E-state index contributed by atoms with van der Waals surface area (Å²) in [4.78, 5) is 0. The zero-order valence-corrected chi connectivity index (χ0v) is 10.4. The van der Waals surface area contributed by atoms with Gasteiger partial charge in [-0.1, -0.05) is 11.6 Å². The van der Waals surface area contributed by atoms with E-state index in [1.807, 2.05) is 36.5 Å². The summed E-state index contributed by atoms with van der Waals surface area (Å²) >= 11 is 6.00. The van der Waals surface area contributed by atoms with Gasteiger partial charge in [-0.2, -0.15) is 0 Å². The van der Waals surface area contributed by atoms with Gasteiger partial charge in [0, 0.05) is 29.0 Å². The number of nitrogens with zero attached hydrogens (tertiary/aromatic N) is 1. The average Bonchev–Trinajstić information content (AvgIpc) is 2.77. The van der Waals surface area contributed by atoms with Gasteiger partial charge in [-0.15, -0.1) is 0 Å². The number of hydrogen-bond acceptors (Lipinski definition) is 2. The maximum absolute atomic E-state index is 6.00. The lowest BCUT2D eigenvalue weighted by Gasteiger charge is -2.12. The summed E-state index contributed by atoms with van der Waals surface area (Å²) in [5.41, 5.74) is 7.81. The summed E-state index contributed by atoms with van der Waals surface area (Å²) in [5.74, 6) is 0.839. The number of benzene rings is 1. The second kappa shape index (κ2) is 5.25. The molecule has 0 unspecified atom stereocenters. The van der Waals surface area contributed by atoms with Gasteiger partial charge in [-0.3, -0.25) is 0 Å². The van der Waals surface area contributed by atoms with Crippen LogP contribution in [0.25, 0.3) is 0 Å². The number of halogens is 1. The lowest BCUT2D eigenvalue weighted by molar-refractivity contribution is 0.408. The molecule has 0 aliphatic heterocycles. The van der Waals surface area contributed by atoms with Crippen LogP contribution in [0.15, 0.2) is 36.5 Å². The van der Waals surface area contributed by atoms with Gasteiger partial charge in [0.25, 0.3) is 0 Å². The van der Waals surface area contributed by atoms with E-state index in [2.05, 4.69) is 4.57 Å². The van der Waals surface area contributed by atoms with Crippen molar-refractivity contribution in [2.45, 2.75) is 13.1 Å². The Labute approximate surface area is 106 Å². The van der Waals surface area contributed by atoms with E-state index in [0.29, 0.717) is 18.1 Å². The minimum atomic E-state index is 0.524. The predicted octanol–water partition coefficient (Wildman–Crippen LogP) is 2.66. The lowest BCUT2D eigenvalue weighted by atomic mass is 10.2. The number of rotatable bonds is 4. The van der Waals surface area contributed by atoms with Gasteiger partial charge in [-0.25, -0.2) is 0 Å². The first kappa shape index (κ1) is 12.0. The van der Waals surface area contributed by atoms with Gasteiger partial charge in [0.15, 0.2) is 0 Å². The quantitative estimate of drug-likeness (QED) is 0.906. The van der Waals surface area contributed by atoms with Crippen LogP contribution in [0.3, 0.4) is 0 Å². The molecule has 0 radical (unpaired) electrons. The van der Waals surface area contributed by atoms with E-state index in [1.165, 1.54) is 0 Å². The number of methoxy groups -OCH3 is 1. The Hall–Kier alpha value is -1.45. The third kappa shape index (κ3) is 2.62. The molecule has 0 saturated carbocycles. The molecule has 1 heterocycles. The van der Waals surface area contributed by atoms with Crippen molar-refractivity contribution in [1.29, 1.82) is 0 Å². The van der Waals surface area contributed by atoms with Crippen LogP contribution < -0.4 is 10.5 Å². The molecule has 1 aromatic heterocycles. The van der Waals surface area contributed by atoms with Crippen molar-refractivity contribution in [2.24, 2.45) is 5.73 Å². The average molecular weight is 251 g/mol. The van der Waals surface area contributed by atoms with Crippen LogP contribution in [-0.4, -0.2) is 11.7 Å². The molecular weight excluding hydrogens is 236 g/mol. The third-order valence-corrected chi connectivity index (χ3v) is 2.95. The van der Waals surface area contributed by atoms with Gasteiger partial charge < -0.3 is 15.0 Å². The molecule has 0 saturated heterocycles. The maximum atomic E-state index is 6.00. The fraction of sp³-hybridized carbons (Fsp3) is 0.231. The molecule has 0 aliphatic carbocycles. The van der Waals surface area contributed by atoms with E-state index < -0.39 is 0 Å². The second-order valence-electron chi connectivity index (χ2n) is 3.79. The van der Waals surface area contributed by atoms with Crippen LogP contribution in [0.4, 0.5) is 0 Å². The number of hydrogen-bond donors (Lipinski definition) is 1. The summed E-state index contributed by atoms with van der Waals surface area (Å²) < 4.78 is 7.41. The molecule has 2 rings (SSSR count). The molecule has 1 aromatic carbocycles. The number of nitrogens with two attached hydrogens (primary N) is 1. The summed E-state index contributed by atoms with van der Waals surface area (Å²) in [6.45, 7) is 1.24. The summed E-state index contributed by atoms with van der Waals surface area (Å²) in [6.07, 6.45) is 2.00. The number of ether oxygens (including phenoxy) is 1. The van der Waals surface area contributed by atoms with Crippen molar-refractivity contribution in [2.75, 3.05) is 7.11 Å². The first-order valence-electron chi connectivity index (χ1n) is 5.41. The van der Waals surface area contributed by atoms with Crippen LogP contribution in [0.5, 0.6) is 5.75 Å². The molecule has 0 bridgehead atoms. The van der Waals surface area contributed by atoms with E-state index in [9.17, 15) is 0 Å². The van der Waals surface area contributed by atoms with Gasteiger partial charge in [0.1, 0.15) is 5.75 Å². The van der Waals surface area contributed by atoms with Crippen LogP contribution in [-0.2, 0) is 13.1 Å². The van der Waals surface area contributed by atoms with Crippen LogP contribution >= 0.6 is 11.6 Å². The van der Waals surface area contributed by atoms with Gasteiger partial charge in [0.2, 0.25) is 0 Å². The first-order valence-corrected chi connectivity index (χ1v) is 5.79. The van der Waals surface area contributed by atoms with Crippen molar-refractivity contribution >= 4 is 11.6 Å². The molecule has 17 heavy (non-hydrogen) atoms. The molecule has 2 aromatic rings. The molecule has 4 heteroatoms. The molecule has 0 amide bonds. The zero-order chi connectivity index (χ0) is 12.3. The van der Waals surface area contributed by atoms with E-state index in [-0.39, 0.29) is 0 Å². The van der Waals surface area contributed by atoms with Gasteiger partial charge in [0.05, 0.1) is 13.7 Å². The normalized spacial score (nSPS) is 10.5. The standard InChI is InChI=1S/C13H15ClN2O/c1-17-13-5-4-11(14)7-10(13)9-16-6-2-3-12(16)8-15/h2-7H,8-9,15H2,1H3. The van der Waals surface area contributed by atoms with E-state index >= 15 is 0 Å². The van der Waals surface area contributed by atoms with Crippen molar-refractivity contribution in [3.8, 4) is 5.75 Å². The smallest absolute Gasteiger partial charge is 0.123 e. The Kier molecular flexibility index (Phi) is 3.71. The topological polar surface area (TPSA) is 40.2 Å². The van der Waals surface area contributed by atoms with E-state index in [4.69, 9.17) is 22.1 Å². The van der Waals surface area contributed by atoms with Crippen molar-refractivity contribution in [3.63, 3.8) is 0 Å². The molecule has 3 nitrogen and oxygen atoms in total. The highest BCUT2D eigenvalue weighted by Gasteiger charge is 2.06. The molecule has 0 aliphatic rings. The maximum Gasteiger partial charge on any atom is 0.123 e. The van der Waals surface area contributed by atoms with Crippen LogP contribution in [0.1, 0.15) is 11.3 Å². The number of aromatic nitrogens is 1. The van der Waals surface area contributed by atoms with Gasteiger partial charge in [-0.05, 0) is 30.3 Å². The first-order chi connectivity index (χ1) is 8.24. The van der Waals surface area contributed by atoms with Crippen LogP contribution in [0, 0.1) is 0 Å². The van der Waals surface area contributed by atoms with Crippen molar-refractivity contribution in [1.82, 2.24) is 4.57 Å². The zero-order valence-electron chi connectivity index (χ0n) is 9.69. The fourth-order valence-electron chi connectivity index (χ4n) is 1.84. The lowest BCUT2D eigenvalue weighted by Crippen LogP contribution is -2.08. The van der Waals surface area contributed by atoms with Gasteiger partial charge >= 0.3 is 0 Å². The molecule has 0 spiro atoms. The Morgan fingerprint density at radius 2 is 2.18 bits per heavy atom. The monoisotopic (exact) mass is 250 g/mol. The Bertz CT molecular complexity index is 508. The molecule has 0 atom stereocenters. The Balaban J connectivity index is 2.32. The van der Waals surface area contributed by atoms with Crippen molar-refractivity contribution < 1.29 is 4.74 Å². The minimum absolute atomic E-state index is 0.524. The summed E-state index contributed by atoms with van der Waals surface area (Å²) in [7, 11) is 1.66. The minimum Gasteiger partial charge on any atom is -0.496 e. The summed E-state index contributed by atoms with van der Waals surface area (Å²) in [5, 5.41) is 0.710. The Morgan fingerprint density at radius 1 is 1.35 bits per heavy atom. The fourth-order valence-corrected chi connectivity index (χ4v) is 2.04. The van der Waals surface area contributed by atoms with Crippen LogP contribution in [0.2, 0.25) is 5.02 Å². The SMILES string of the molecule is COc1ccc(Cl)cc1Cn1cccc1CN. The molecule has 2 N–H and O–H groups in total. The highest BCUT2D eigenvalue weighted by molar-refractivity contribution is 6.30. The Morgan fingerprint density at radius 3 is 2.88 bits per heavy atom. The van der Waals surface area contributed by atoms with E-state index in [1.54, 1.807) is 7.11 Å². The highest BCUT2D eigenvalue weighted by Crippen LogP contribution is 2.24. The molecular formula is C13H15ClN2O. The predicted molar refractivity (Wildman–Crippen MR) is 69.4 cm³/mol. The van der Waals surface area contributed by atoms with Crippen molar-refractivity contribution in [3.05, 3.63) is 52.8 Å². The second-order valence-corrected chi connectivity index (χ2v) is 4.22. The molecule has 90 valence electrons.